The molecule has 0 aliphatic heterocycles. The number of hydrogen-bond donors (Lipinski definition) is 1. The van der Waals surface area contributed by atoms with Gasteiger partial charge in [0.2, 0.25) is 0 Å². The molecular weight excluding hydrogens is 340 g/mol. The first-order valence-corrected chi connectivity index (χ1v) is 5.08. The molecule has 86 valence electrons. The van der Waals surface area contributed by atoms with E-state index in [4.69, 9.17) is 0 Å². The molecule has 9 heteroatoms. The van der Waals surface area contributed by atoms with Crippen LogP contribution in [-0.2, 0) is 13.2 Å². The third kappa shape index (κ3) is 1.68. The molecule has 0 aliphatic rings. The van der Waals surface area contributed by atoms with Crippen LogP contribution in [0.25, 0.3) is 11.0 Å². The fraction of sp³-hybridized carbons (Fsp3) is 0.286. The standard InChI is InChI=1S/C7H4F3IN4O/c1-15-4-2(3(14-15)7(8,9)10)5(16)13-6(11)12-4/h1H3,(H,12,13,16). The Morgan fingerprint density at radius 1 is 1.44 bits per heavy atom. The second kappa shape index (κ2) is 3.43. The number of aromatic nitrogens is 4. The van der Waals surface area contributed by atoms with E-state index in [2.05, 4.69) is 15.1 Å². The molecule has 2 aromatic rings. The third-order valence-corrected chi connectivity index (χ3v) is 2.44. The fourth-order valence-corrected chi connectivity index (χ4v) is 1.80. The molecule has 5 nitrogen and oxygen atoms in total. The van der Waals surface area contributed by atoms with Crippen LogP contribution >= 0.6 is 22.6 Å². The van der Waals surface area contributed by atoms with Gasteiger partial charge in [0, 0.05) is 7.05 Å². The molecule has 0 atom stereocenters. The molecule has 0 spiro atoms. The molecule has 0 amide bonds. The third-order valence-electron chi connectivity index (χ3n) is 1.93. The maximum atomic E-state index is 12.6. The van der Waals surface area contributed by atoms with Crippen molar-refractivity contribution in [2.45, 2.75) is 6.18 Å². The summed E-state index contributed by atoms with van der Waals surface area (Å²) in [5.74, 6) is 0. The number of rotatable bonds is 0. The Bertz CT molecular complexity index is 614. The highest BCUT2D eigenvalue weighted by atomic mass is 127. The number of hydrogen-bond acceptors (Lipinski definition) is 3. The average molecular weight is 344 g/mol. The van der Waals surface area contributed by atoms with Crippen LogP contribution in [0.2, 0.25) is 0 Å². The molecular formula is C7H4F3IN4O. The van der Waals surface area contributed by atoms with Gasteiger partial charge in [-0.2, -0.15) is 18.3 Å². The lowest BCUT2D eigenvalue weighted by Gasteiger charge is -2.00. The summed E-state index contributed by atoms with van der Waals surface area (Å²) in [5.41, 5.74) is -2.13. The summed E-state index contributed by atoms with van der Waals surface area (Å²) in [5, 5.41) is 2.74. The van der Waals surface area contributed by atoms with Gasteiger partial charge in [0.1, 0.15) is 5.39 Å². The van der Waals surface area contributed by atoms with Crippen LogP contribution in [0.1, 0.15) is 5.69 Å². The van der Waals surface area contributed by atoms with Crippen molar-refractivity contribution in [3.05, 3.63) is 19.9 Å². The van der Waals surface area contributed by atoms with E-state index in [1.54, 1.807) is 22.6 Å². The number of halogens is 4. The lowest BCUT2D eigenvalue weighted by molar-refractivity contribution is -0.140. The molecule has 1 N–H and O–H groups in total. The Morgan fingerprint density at radius 3 is 2.62 bits per heavy atom. The van der Waals surface area contributed by atoms with Gasteiger partial charge in [0.15, 0.2) is 15.2 Å². The van der Waals surface area contributed by atoms with Gasteiger partial charge in [0.05, 0.1) is 0 Å². The van der Waals surface area contributed by atoms with E-state index in [1.165, 1.54) is 7.05 Å². The fourth-order valence-electron chi connectivity index (χ4n) is 1.33. The summed E-state index contributed by atoms with van der Waals surface area (Å²) in [6.07, 6.45) is -4.67. The number of aromatic amines is 1. The lowest BCUT2D eigenvalue weighted by atomic mass is 10.3. The normalized spacial score (nSPS) is 12.3. The zero-order chi connectivity index (χ0) is 12.1. The highest BCUT2D eigenvalue weighted by molar-refractivity contribution is 14.1. The van der Waals surface area contributed by atoms with Crippen molar-refractivity contribution in [3.63, 3.8) is 0 Å². The first-order chi connectivity index (χ1) is 7.30. The quantitative estimate of drug-likeness (QED) is 0.579. The molecule has 2 heterocycles. The summed E-state index contributed by atoms with van der Waals surface area (Å²) in [6, 6.07) is 0. The molecule has 2 rings (SSSR count). The van der Waals surface area contributed by atoms with Crippen LogP contribution < -0.4 is 5.56 Å². The number of alkyl halides is 3. The van der Waals surface area contributed by atoms with Crippen molar-refractivity contribution < 1.29 is 13.2 Å². The van der Waals surface area contributed by atoms with E-state index in [1.807, 2.05) is 0 Å². The van der Waals surface area contributed by atoms with Crippen LogP contribution in [0, 0.1) is 3.83 Å². The van der Waals surface area contributed by atoms with Gasteiger partial charge in [-0.1, -0.05) is 0 Å². The molecule has 0 bridgehead atoms. The lowest BCUT2D eigenvalue weighted by Crippen LogP contribution is -2.14. The first kappa shape index (κ1) is 11.4. The van der Waals surface area contributed by atoms with E-state index in [-0.39, 0.29) is 9.48 Å². The van der Waals surface area contributed by atoms with E-state index >= 15 is 0 Å². The van der Waals surface area contributed by atoms with Crippen molar-refractivity contribution in [2.75, 3.05) is 0 Å². The van der Waals surface area contributed by atoms with E-state index < -0.39 is 22.8 Å². The number of nitrogens with one attached hydrogen (secondary N) is 1. The molecule has 0 aliphatic carbocycles. The summed E-state index contributed by atoms with van der Waals surface area (Å²) in [7, 11) is 1.31. The first-order valence-electron chi connectivity index (χ1n) is 4.00. The molecule has 2 aromatic heterocycles. The van der Waals surface area contributed by atoms with E-state index in [0.717, 1.165) is 4.68 Å². The van der Waals surface area contributed by atoms with Gasteiger partial charge in [-0.15, -0.1) is 0 Å². The second-order valence-electron chi connectivity index (χ2n) is 3.03. The van der Waals surface area contributed by atoms with Crippen molar-refractivity contribution in [3.8, 4) is 0 Å². The minimum Gasteiger partial charge on any atom is -0.301 e. The molecule has 0 saturated carbocycles. The van der Waals surface area contributed by atoms with E-state index in [0.29, 0.717) is 0 Å². The highest BCUT2D eigenvalue weighted by Gasteiger charge is 2.38. The van der Waals surface area contributed by atoms with Crippen molar-refractivity contribution in [1.82, 2.24) is 19.7 Å². The number of fused-ring (bicyclic) bond motifs is 1. The minimum absolute atomic E-state index is 0.0829. The second-order valence-corrected chi connectivity index (χ2v) is 4.05. The Kier molecular flexibility index (Phi) is 2.44. The SMILES string of the molecule is Cn1nc(C(F)(F)F)c2c(=O)[nH]c(I)nc21. The molecule has 0 saturated heterocycles. The predicted octanol–water partition coefficient (Wildman–Crippen LogP) is 1.28. The number of aryl methyl sites for hydroxylation is 1. The topological polar surface area (TPSA) is 63.6 Å². The van der Waals surface area contributed by atoms with Gasteiger partial charge in [-0.25, -0.2) is 9.67 Å². The van der Waals surface area contributed by atoms with Crippen LogP contribution in [0.4, 0.5) is 13.2 Å². The molecule has 0 fully saturated rings. The maximum absolute atomic E-state index is 12.6. The Balaban J connectivity index is 2.95. The van der Waals surface area contributed by atoms with Crippen molar-refractivity contribution in [1.29, 1.82) is 0 Å². The molecule has 0 unspecified atom stereocenters. The highest BCUT2D eigenvalue weighted by Crippen LogP contribution is 2.31. The largest absolute Gasteiger partial charge is 0.436 e. The molecule has 16 heavy (non-hydrogen) atoms. The number of H-pyrrole nitrogens is 1. The van der Waals surface area contributed by atoms with Crippen LogP contribution in [0.3, 0.4) is 0 Å². The Morgan fingerprint density at radius 2 is 2.06 bits per heavy atom. The minimum atomic E-state index is -4.67. The molecule has 0 radical (unpaired) electrons. The number of nitrogens with zero attached hydrogens (tertiary/aromatic N) is 3. The summed E-state index contributed by atoms with van der Waals surface area (Å²) < 4.78 is 38.8. The zero-order valence-electron chi connectivity index (χ0n) is 7.76. The van der Waals surface area contributed by atoms with Gasteiger partial charge in [0.25, 0.3) is 5.56 Å². The Labute approximate surface area is 99.8 Å². The van der Waals surface area contributed by atoms with Crippen molar-refractivity contribution >= 4 is 33.6 Å². The summed E-state index contributed by atoms with van der Waals surface area (Å²) in [4.78, 5) is 17.4. The molecule has 0 aromatic carbocycles. The van der Waals surface area contributed by atoms with Crippen molar-refractivity contribution in [2.24, 2.45) is 7.05 Å². The van der Waals surface area contributed by atoms with Gasteiger partial charge < -0.3 is 4.98 Å². The van der Waals surface area contributed by atoms with Gasteiger partial charge >= 0.3 is 6.18 Å². The average Bonchev–Trinajstić information content (AvgIpc) is 2.43. The van der Waals surface area contributed by atoms with Crippen LogP contribution in [0.5, 0.6) is 0 Å². The van der Waals surface area contributed by atoms with E-state index in [9.17, 15) is 18.0 Å². The predicted molar refractivity (Wildman–Crippen MR) is 56.8 cm³/mol. The van der Waals surface area contributed by atoms with Gasteiger partial charge in [-0.05, 0) is 22.6 Å². The van der Waals surface area contributed by atoms with Crippen LogP contribution in [0.15, 0.2) is 4.79 Å². The monoisotopic (exact) mass is 344 g/mol. The maximum Gasteiger partial charge on any atom is 0.436 e. The Hall–Kier alpha value is -1.13. The zero-order valence-corrected chi connectivity index (χ0v) is 9.92. The summed E-state index contributed by atoms with van der Waals surface area (Å²) in [6.45, 7) is 0. The summed E-state index contributed by atoms with van der Waals surface area (Å²) >= 11 is 1.71. The van der Waals surface area contributed by atoms with Crippen LogP contribution in [-0.4, -0.2) is 19.7 Å². The smallest absolute Gasteiger partial charge is 0.301 e. The van der Waals surface area contributed by atoms with Gasteiger partial charge in [-0.3, -0.25) is 4.79 Å².